The van der Waals surface area contributed by atoms with E-state index in [1.165, 1.54) is 31.3 Å². The number of aliphatic hydroxyl groups excluding tert-OH is 1. The number of aliphatic hydroxyl groups is 1. The molecule has 1 aliphatic rings. The van der Waals surface area contributed by atoms with E-state index in [0.717, 1.165) is 0 Å². The van der Waals surface area contributed by atoms with Crippen molar-refractivity contribution in [3.8, 4) is 5.75 Å². The lowest BCUT2D eigenvalue weighted by atomic mass is 10.1. The van der Waals surface area contributed by atoms with Crippen molar-refractivity contribution in [1.29, 1.82) is 0 Å². The van der Waals surface area contributed by atoms with Crippen molar-refractivity contribution < 1.29 is 28.6 Å². The Morgan fingerprint density at radius 1 is 1.42 bits per heavy atom. The van der Waals surface area contributed by atoms with Crippen LogP contribution in [-0.4, -0.2) is 55.8 Å². The number of amides is 1. The van der Waals surface area contributed by atoms with Crippen molar-refractivity contribution in [2.24, 2.45) is 0 Å². The number of anilines is 1. The summed E-state index contributed by atoms with van der Waals surface area (Å²) in [5, 5.41) is 11.9. The molecule has 1 aromatic rings. The van der Waals surface area contributed by atoms with E-state index in [-0.39, 0.29) is 42.3 Å². The number of β-amino-alcohol motifs (C(OH)–C–C–N with tert-alkyl or cyclic N) is 1. The third-order valence-corrected chi connectivity index (χ3v) is 3.76. The number of ether oxygens (including phenoxy) is 2. The number of rotatable bonds is 6. The third-order valence-electron chi connectivity index (χ3n) is 3.76. The van der Waals surface area contributed by atoms with Crippen molar-refractivity contribution in [2.75, 3.05) is 39.2 Å². The molecule has 0 fully saturated rings. The van der Waals surface area contributed by atoms with Crippen LogP contribution in [0, 0.1) is 12.7 Å². The van der Waals surface area contributed by atoms with Crippen molar-refractivity contribution in [3.63, 3.8) is 0 Å². The van der Waals surface area contributed by atoms with Gasteiger partial charge in [0.25, 0.3) is 5.91 Å². The minimum atomic E-state index is -0.649. The van der Waals surface area contributed by atoms with Crippen LogP contribution in [0.3, 0.4) is 0 Å². The summed E-state index contributed by atoms with van der Waals surface area (Å²) < 4.78 is 23.6. The fourth-order valence-electron chi connectivity index (χ4n) is 2.51. The van der Waals surface area contributed by atoms with Gasteiger partial charge in [-0.1, -0.05) is 0 Å². The van der Waals surface area contributed by atoms with Gasteiger partial charge in [-0.15, -0.1) is 0 Å². The summed E-state index contributed by atoms with van der Waals surface area (Å²) in [5.74, 6) is -1.31. The van der Waals surface area contributed by atoms with Crippen LogP contribution in [-0.2, 0) is 14.3 Å². The first-order valence-electron chi connectivity index (χ1n) is 7.26. The van der Waals surface area contributed by atoms with Gasteiger partial charge < -0.3 is 24.8 Å². The third kappa shape index (κ3) is 3.18. The number of carbonyl (C=O) groups excluding carboxylic acids is 2. The molecule has 0 atom stereocenters. The molecule has 2 N–H and O–H groups in total. The summed E-state index contributed by atoms with van der Waals surface area (Å²) in [7, 11) is 2.60. The Morgan fingerprint density at radius 2 is 2.12 bits per heavy atom. The second kappa shape index (κ2) is 7.31. The lowest BCUT2D eigenvalue weighted by Crippen LogP contribution is -2.31. The number of esters is 1. The summed E-state index contributed by atoms with van der Waals surface area (Å²) in [6.07, 6.45) is 0. The van der Waals surface area contributed by atoms with Crippen molar-refractivity contribution in [1.82, 2.24) is 4.90 Å². The van der Waals surface area contributed by atoms with E-state index >= 15 is 0 Å². The number of nitrogens with zero attached hydrogens (tertiary/aromatic N) is 1. The van der Waals surface area contributed by atoms with E-state index in [0.29, 0.717) is 5.69 Å². The second-order valence-electron chi connectivity index (χ2n) is 5.17. The maximum atomic E-state index is 13.7. The minimum absolute atomic E-state index is 0.0247. The minimum Gasteiger partial charge on any atom is -0.494 e. The molecule has 8 heteroatoms. The number of nitrogens with one attached hydrogen (secondary N) is 1. The number of hydrogen-bond acceptors (Lipinski definition) is 6. The van der Waals surface area contributed by atoms with Gasteiger partial charge in [0.05, 0.1) is 38.6 Å². The van der Waals surface area contributed by atoms with Gasteiger partial charge in [0, 0.05) is 12.1 Å². The smallest absolute Gasteiger partial charge is 0.337 e. The Hall–Kier alpha value is -2.61. The molecule has 0 aromatic heterocycles. The van der Waals surface area contributed by atoms with E-state index in [4.69, 9.17) is 14.6 Å². The topological polar surface area (TPSA) is 88.1 Å². The number of hydrogen-bond donors (Lipinski definition) is 2. The lowest BCUT2D eigenvalue weighted by molar-refractivity contribution is -0.136. The zero-order valence-electron chi connectivity index (χ0n) is 13.7. The molecular formula is C16H19FN2O5. The molecule has 0 unspecified atom stereocenters. The Bertz CT molecular complexity index is 702. The van der Waals surface area contributed by atoms with Gasteiger partial charge in [0.1, 0.15) is 17.3 Å². The zero-order chi connectivity index (χ0) is 17.9. The summed E-state index contributed by atoms with van der Waals surface area (Å²) in [5.41, 5.74) is 0.798. The van der Waals surface area contributed by atoms with E-state index in [1.807, 2.05) is 0 Å². The van der Waals surface area contributed by atoms with Crippen LogP contribution in [0.5, 0.6) is 5.75 Å². The van der Waals surface area contributed by atoms with Gasteiger partial charge >= 0.3 is 5.97 Å². The van der Waals surface area contributed by atoms with Crippen molar-refractivity contribution in [3.05, 3.63) is 34.8 Å². The predicted octanol–water partition coefficient (Wildman–Crippen LogP) is 0.816. The molecule has 0 radical (unpaired) electrons. The Balaban J connectivity index is 2.43. The monoisotopic (exact) mass is 338 g/mol. The predicted molar refractivity (Wildman–Crippen MR) is 84.0 cm³/mol. The molecular weight excluding hydrogens is 319 g/mol. The van der Waals surface area contributed by atoms with E-state index in [1.54, 1.807) is 6.92 Å². The Kier molecular flexibility index (Phi) is 5.40. The summed E-state index contributed by atoms with van der Waals surface area (Å²) in [6, 6.07) is 2.66. The highest BCUT2D eigenvalue weighted by molar-refractivity contribution is 6.08. The lowest BCUT2D eigenvalue weighted by Gasteiger charge is -2.16. The molecule has 0 aliphatic carbocycles. The average Bonchev–Trinajstić information content (AvgIpc) is 2.87. The summed E-state index contributed by atoms with van der Waals surface area (Å²) >= 11 is 0. The second-order valence-corrected chi connectivity index (χ2v) is 5.17. The summed E-state index contributed by atoms with van der Waals surface area (Å²) in [6.45, 7) is 1.43. The zero-order valence-corrected chi connectivity index (χ0v) is 13.7. The van der Waals surface area contributed by atoms with Crippen LogP contribution < -0.4 is 10.1 Å². The molecule has 1 amide bonds. The van der Waals surface area contributed by atoms with Crippen LogP contribution in [0.2, 0.25) is 0 Å². The molecule has 24 heavy (non-hydrogen) atoms. The highest BCUT2D eigenvalue weighted by atomic mass is 19.1. The normalized spacial score (nSPS) is 14.2. The highest BCUT2D eigenvalue weighted by Crippen LogP contribution is 2.33. The Labute approximate surface area is 138 Å². The van der Waals surface area contributed by atoms with Gasteiger partial charge in [0.2, 0.25) is 0 Å². The Morgan fingerprint density at radius 3 is 2.71 bits per heavy atom. The van der Waals surface area contributed by atoms with Crippen LogP contribution in [0.15, 0.2) is 23.4 Å². The molecule has 130 valence electrons. The fraction of sp³-hybridized carbons (Fsp3) is 0.375. The van der Waals surface area contributed by atoms with E-state index in [2.05, 4.69) is 5.32 Å². The largest absolute Gasteiger partial charge is 0.494 e. The van der Waals surface area contributed by atoms with Gasteiger partial charge in [-0.2, -0.15) is 0 Å². The number of methoxy groups -OCH3 is 2. The molecule has 0 bridgehead atoms. The first-order valence-corrected chi connectivity index (χ1v) is 7.26. The van der Waals surface area contributed by atoms with Gasteiger partial charge in [-0.25, -0.2) is 9.18 Å². The molecule has 2 rings (SSSR count). The van der Waals surface area contributed by atoms with Crippen LogP contribution in [0.4, 0.5) is 10.1 Å². The highest BCUT2D eigenvalue weighted by Gasteiger charge is 2.35. The van der Waals surface area contributed by atoms with Crippen molar-refractivity contribution in [2.45, 2.75) is 6.92 Å². The van der Waals surface area contributed by atoms with Crippen LogP contribution >= 0.6 is 0 Å². The first kappa shape index (κ1) is 17.7. The molecule has 1 aromatic carbocycles. The molecule has 0 saturated carbocycles. The number of halogens is 1. The molecule has 1 heterocycles. The molecule has 1 aliphatic heterocycles. The molecule has 0 spiro atoms. The standard InChI is InChI=1S/C16H19FN2O5/c1-9-11(17)4-5-12(14(9)23-2)18-13-10(16(22)24-3)8-19(6-7-20)15(13)21/h4-5,18,20H,6-8H2,1-3H3. The number of benzene rings is 1. The molecule has 0 saturated heterocycles. The SMILES string of the molecule is COC(=O)C1=C(Nc2ccc(F)c(C)c2OC)C(=O)N(CCO)C1. The fourth-order valence-corrected chi connectivity index (χ4v) is 2.51. The maximum absolute atomic E-state index is 13.7. The molecule has 7 nitrogen and oxygen atoms in total. The van der Waals surface area contributed by atoms with Gasteiger partial charge in [-0.05, 0) is 19.1 Å². The first-order chi connectivity index (χ1) is 11.4. The van der Waals surface area contributed by atoms with Crippen molar-refractivity contribution >= 4 is 17.6 Å². The summed E-state index contributed by atoms with van der Waals surface area (Å²) in [4.78, 5) is 25.7. The van der Waals surface area contributed by atoms with Crippen LogP contribution in [0.25, 0.3) is 0 Å². The van der Waals surface area contributed by atoms with E-state index < -0.39 is 17.7 Å². The van der Waals surface area contributed by atoms with E-state index in [9.17, 15) is 14.0 Å². The van der Waals surface area contributed by atoms with Gasteiger partial charge in [0.15, 0.2) is 0 Å². The number of carbonyl (C=O) groups is 2. The average molecular weight is 338 g/mol. The maximum Gasteiger partial charge on any atom is 0.337 e. The van der Waals surface area contributed by atoms with Crippen LogP contribution in [0.1, 0.15) is 5.56 Å². The quantitative estimate of drug-likeness (QED) is 0.747. The van der Waals surface area contributed by atoms with Gasteiger partial charge in [-0.3, -0.25) is 4.79 Å².